The number of ether oxygens (including phenoxy) is 1. The molecule has 1 aliphatic heterocycles. The van der Waals surface area contributed by atoms with Crippen LogP contribution < -0.4 is 5.48 Å². The summed E-state index contributed by atoms with van der Waals surface area (Å²) in [7, 11) is 1.43. The molecule has 2 aromatic heterocycles. The molecule has 2 aromatic rings. The highest BCUT2D eigenvalue weighted by Gasteiger charge is 2.53. The molecule has 1 fully saturated rings. The van der Waals surface area contributed by atoms with Crippen molar-refractivity contribution in [3.05, 3.63) is 10.4 Å². The van der Waals surface area contributed by atoms with Crippen LogP contribution in [0, 0.1) is 0 Å². The molecule has 3 heterocycles. The van der Waals surface area contributed by atoms with Crippen LogP contribution in [0.5, 0.6) is 0 Å². The number of H-pyrrole nitrogens is 1. The molecule has 5 N–H and O–H groups in total. The second-order valence-corrected chi connectivity index (χ2v) is 6.13. The molecule has 0 saturated carbocycles. The van der Waals surface area contributed by atoms with E-state index >= 15 is 0 Å². The lowest BCUT2D eigenvalue weighted by Crippen LogP contribution is -2.43. The highest BCUT2D eigenvalue weighted by Crippen LogP contribution is 2.41. The van der Waals surface area contributed by atoms with Gasteiger partial charge < -0.3 is 20.1 Å². The molecule has 11 heteroatoms. The maximum atomic E-state index is 10.5. The molecule has 126 valence electrons. The Labute approximate surface area is 138 Å². The van der Waals surface area contributed by atoms with E-state index in [9.17, 15) is 15.3 Å². The Balaban J connectivity index is 2.09. The van der Waals surface area contributed by atoms with Crippen LogP contribution >= 0.6 is 15.9 Å². The minimum absolute atomic E-state index is 0.119. The van der Waals surface area contributed by atoms with Gasteiger partial charge in [0.25, 0.3) is 0 Å². The van der Waals surface area contributed by atoms with Crippen molar-refractivity contribution in [2.45, 2.75) is 30.8 Å². The maximum Gasteiger partial charge on any atom is 0.165 e. The first-order valence-corrected chi connectivity index (χ1v) is 7.56. The minimum Gasteiger partial charge on any atom is -0.394 e. The second-order valence-electron chi connectivity index (χ2n) is 5.38. The molecule has 0 aromatic carbocycles. The van der Waals surface area contributed by atoms with Gasteiger partial charge in [0.1, 0.15) is 28.5 Å². The summed E-state index contributed by atoms with van der Waals surface area (Å²) in [5.74, 6) is 0.433. The van der Waals surface area contributed by atoms with E-state index in [0.29, 0.717) is 21.5 Å². The van der Waals surface area contributed by atoms with Gasteiger partial charge in [0.15, 0.2) is 17.3 Å². The fourth-order valence-corrected chi connectivity index (χ4v) is 3.05. The Morgan fingerprint density at radius 1 is 1.48 bits per heavy atom. The molecule has 0 unspecified atom stereocenters. The zero-order chi connectivity index (χ0) is 16.8. The molecule has 0 spiro atoms. The number of fused-ring (bicyclic) bond motifs is 1. The van der Waals surface area contributed by atoms with Crippen molar-refractivity contribution in [3.8, 4) is 0 Å². The molecular formula is C12H16BrN5O5. The Morgan fingerprint density at radius 2 is 2.22 bits per heavy atom. The monoisotopic (exact) mass is 389 g/mol. The Bertz CT molecular complexity index is 723. The number of nitrogens with one attached hydrogen (secondary N) is 2. The van der Waals surface area contributed by atoms with Crippen molar-refractivity contribution in [1.82, 2.24) is 20.2 Å². The predicted molar refractivity (Wildman–Crippen MR) is 81.3 cm³/mol. The van der Waals surface area contributed by atoms with Crippen LogP contribution in [0.4, 0.5) is 5.82 Å². The summed E-state index contributed by atoms with van der Waals surface area (Å²) in [5.41, 5.74) is 1.34. The Morgan fingerprint density at radius 3 is 2.83 bits per heavy atom. The predicted octanol–water partition coefficient (Wildman–Crippen LogP) is -0.367. The molecule has 23 heavy (non-hydrogen) atoms. The van der Waals surface area contributed by atoms with E-state index in [1.165, 1.54) is 14.0 Å². The molecule has 4 atom stereocenters. The van der Waals surface area contributed by atoms with Crippen molar-refractivity contribution in [2.75, 3.05) is 19.2 Å². The van der Waals surface area contributed by atoms with E-state index in [1.807, 2.05) is 0 Å². The van der Waals surface area contributed by atoms with Crippen LogP contribution in [0.1, 0.15) is 18.9 Å². The summed E-state index contributed by atoms with van der Waals surface area (Å²) in [5, 5.41) is 37.1. The molecule has 3 rings (SSSR count). The van der Waals surface area contributed by atoms with Gasteiger partial charge in [-0.3, -0.25) is 9.94 Å². The number of aromatic nitrogens is 4. The molecule has 1 aliphatic rings. The standard InChI is InChI=1S/C12H16BrN5O5/c1-12(21)6(20)4(3-19)23-7(12)11-14-9-5(8(13)16-17-9)10(15-11)18-22-2/h4,6-7,19-21H,3H2,1-2H3,(H2,14,15,16,17,18)/t4-,6-,7+,12-/m1/s1. The van der Waals surface area contributed by atoms with Gasteiger partial charge in [-0.2, -0.15) is 5.10 Å². The van der Waals surface area contributed by atoms with E-state index in [2.05, 4.69) is 41.6 Å². The second kappa shape index (κ2) is 5.92. The summed E-state index contributed by atoms with van der Waals surface area (Å²) in [6.45, 7) is 0.965. The normalized spacial score (nSPS) is 31.0. The molecule has 10 nitrogen and oxygen atoms in total. The minimum atomic E-state index is -1.66. The number of aliphatic hydroxyl groups excluding tert-OH is 2. The van der Waals surface area contributed by atoms with Crippen LogP contribution in [-0.2, 0) is 9.57 Å². The highest BCUT2D eigenvalue weighted by atomic mass is 79.9. The zero-order valence-corrected chi connectivity index (χ0v) is 13.9. The molecule has 0 bridgehead atoms. The van der Waals surface area contributed by atoms with E-state index in [1.54, 1.807) is 0 Å². The van der Waals surface area contributed by atoms with Crippen LogP contribution in [0.3, 0.4) is 0 Å². The third kappa shape index (κ3) is 2.58. The number of hydrogen-bond donors (Lipinski definition) is 5. The van der Waals surface area contributed by atoms with Crippen molar-refractivity contribution in [2.24, 2.45) is 0 Å². The zero-order valence-electron chi connectivity index (χ0n) is 12.3. The lowest BCUT2D eigenvalue weighted by atomic mass is 9.92. The quantitative estimate of drug-likeness (QED) is 0.442. The topological polar surface area (TPSA) is 146 Å². The van der Waals surface area contributed by atoms with Gasteiger partial charge >= 0.3 is 0 Å². The Kier molecular flexibility index (Phi) is 4.25. The van der Waals surface area contributed by atoms with E-state index in [0.717, 1.165) is 0 Å². The van der Waals surface area contributed by atoms with Gasteiger partial charge in [-0.15, -0.1) is 0 Å². The Hall–Kier alpha value is -1.37. The van der Waals surface area contributed by atoms with Crippen LogP contribution in [0.2, 0.25) is 0 Å². The van der Waals surface area contributed by atoms with Crippen molar-refractivity contribution < 1.29 is 24.9 Å². The van der Waals surface area contributed by atoms with Crippen LogP contribution in [0.15, 0.2) is 4.60 Å². The van der Waals surface area contributed by atoms with Gasteiger partial charge in [-0.1, -0.05) is 0 Å². The summed E-state index contributed by atoms with van der Waals surface area (Å²) in [6.07, 6.45) is -3.23. The van der Waals surface area contributed by atoms with Gasteiger partial charge in [0.05, 0.1) is 19.1 Å². The summed E-state index contributed by atoms with van der Waals surface area (Å²) >= 11 is 3.28. The molecule has 1 saturated heterocycles. The number of aromatic amines is 1. The highest BCUT2D eigenvalue weighted by molar-refractivity contribution is 9.10. The smallest absolute Gasteiger partial charge is 0.165 e. The fourth-order valence-electron chi connectivity index (χ4n) is 2.58. The third-order valence-electron chi connectivity index (χ3n) is 3.80. The lowest BCUT2D eigenvalue weighted by molar-refractivity contribution is -0.0673. The van der Waals surface area contributed by atoms with Gasteiger partial charge in [-0.25, -0.2) is 15.4 Å². The number of halogens is 1. The van der Waals surface area contributed by atoms with Gasteiger partial charge in [0.2, 0.25) is 0 Å². The fraction of sp³-hybridized carbons (Fsp3) is 0.583. The van der Waals surface area contributed by atoms with E-state index < -0.39 is 30.5 Å². The molecule has 0 aliphatic carbocycles. The third-order valence-corrected chi connectivity index (χ3v) is 4.37. The van der Waals surface area contributed by atoms with E-state index in [-0.39, 0.29) is 5.82 Å². The lowest BCUT2D eigenvalue weighted by Gasteiger charge is -2.25. The average Bonchev–Trinajstić information content (AvgIpc) is 2.99. The van der Waals surface area contributed by atoms with Crippen LogP contribution in [-0.4, -0.2) is 67.0 Å². The summed E-state index contributed by atoms with van der Waals surface area (Å²) in [4.78, 5) is 13.5. The summed E-state index contributed by atoms with van der Waals surface area (Å²) in [6, 6.07) is 0. The molecular weight excluding hydrogens is 374 g/mol. The van der Waals surface area contributed by atoms with Crippen molar-refractivity contribution in [1.29, 1.82) is 0 Å². The number of hydrogen-bond acceptors (Lipinski definition) is 9. The molecule has 0 radical (unpaired) electrons. The van der Waals surface area contributed by atoms with E-state index in [4.69, 9.17) is 9.57 Å². The maximum absolute atomic E-state index is 10.5. The molecule has 0 amide bonds. The van der Waals surface area contributed by atoms with Gasteiger partial charge in [-0.05, 0) is 22.9 Å². The largest absolute Gasteiger partial charge is 0.394 e. The van der Waals surface area contributed by atoms with Crippen molar-refractivity contribution in [3.63, 3.8) is 0 Å². The average molecular weight is 390 g/mol. The number of anilines is 1. The van der Waals surface area contributed by atoms with Crippen molar-refractivity contribution >= 4 is 32.8 Å². The number of rotatable bonds is 4. The summed E-state index contributed by atoms with van der Waals surface area (Å²) < 4.78 is 6.02. The van der Waals surface area contributed by atoms with Gasteiger partial charge in [0, 0.05) is 0 Å². The number of aliphatic hydroxyl groups is 3. The first-order valence-electron chi connectivity index (χ1n) is 6.77. The van der Waals surface area contributed by atoms with Crippen LogP contribution in [0.25, 0.3) is 11.0 Å². The first-order chi connectivity index (χ1) is 10.9. The number of nitrogens with zero attached hydrogens (tertiary/aromatic N) is 3. The first kappa shape index (κ1) is 16.5. The SMILES string of the molecule is CONc1nc([C@@H]2O[C@H](CO)[C@@H](O)[C@@]2(C)O)nc2[nH]nc(Br)c12.